The Morgan fingerprint density at radius 2 is 1.68 bits per heavy atom. The number of aryl methyl sites for hydroxylation is 2. The zero-order valence-corrected chi connectivity index (χ0v) is 13.7. The zero-order chi connectivity index (χ0) is 16.2. The Bertz CT molecular complexity index is 1030. The quantitative estimate of drug-likeness (QED) is 0.685. The summed E-state index contributed by atoms with van der Waals surface area (Å²) in [6.07, 6.45) is 1.75. The molecule has 2 aromatic heterocycles. The van der Waals surface area contributed by atoms with E-state index in [0.29, 0.717) is 32.2 Å². The first-order chi connectivity index (χ1) is 10.3. The Morgan fingerprint density at radius 3 is 2.32 bits per heavy atom. The number of nitrogens with zero attached hydrogens (tertiary/aromatic N) is 3. The largest absolute Gasteiger partial charge is 0.348 e. The molecule has 0 saturated heterocycles. The molecule has 0 aliphatic carbocycles. The van der Waals surface area contributed by atoms with Crippen LogP contribution in [0.3, 0.4) is 0 Å². The standard InChI is InChI=1S/C15H13Cl2N3O2/c1-18-7-11-12(14(21)20(3)15(22)19(11)2)13(18)9-5-4-8(16)6-10(9)17/h4-7H,1-3H3. The highest BCUT2D eigenvalue weighted by molar-refractivity contribution is 6.36. The fourth-order valence-corrected chi connectivity index (χ4v) is 3.16. The molecule has 0 aliphatic rings. The molecule has 0 aliphatic heterocycles. The van der Waals surface area contributed by atoms with Crippen LogP contribution in [0.15, 0.2) is 34.0 Å². The minimum Gasteiger partial charge on any atom is -0.348 e. The van der Waals surface area contributed by atoms with Gasteiger partial charge >= 0.3 is 5.69 Å². The third kappa shape index (κ3) is 2.01. The molecule has 0 fully saturated rings. The van der Waals surface area contributed by atoms with Crippen molar-refractivity contribution in [2.75, 3.05) is 0 Å². The molecule has 0 bridgehead atoms. The molecule has 22 heavy (non-hydrogen) atoms. The normalized spacial score (nSPS) is 11.3. The first-order valence-electron chi connectivity index (χ1n) is 6.53. The molecule has 0 unspecified atom stereocenters. The van der Waals surface area contributed by atoms with E-state index in [0.717, 1.165) is 4.57 Å². The molecule has 0 saturated carbocycles. The van der Waals surface area contributed by atoms with Gasteiger partial charge in [-0.15, -0.1) is 0 Å². The van der Waals surface area contributed by atoms with Gasteiger partial charge in [0.2, 0.25) is 0 Å². The van der Waals surface area contributed by atoms with Crippen molar-refractivity contribution < 1.29 is 0 Å². The average Bonchev–Trinajstić information content (AvgIpc) is 2.81. The van der Waals surface area contributed by atoms with Crippen LogP contribution in [0.5, 0.6) is 0 Å². The molecule has 0 atom stereocenters. The van der Waals surface area contributed by atoms with Crippen molar-refractivity contribution in [3.05, 3.63) is 55.3 Å². The molecule has 5 nitrogen and oxygen atoms in total. The first-order valence-corrected chi connectivity index (χ1v) is 7.29. The summed E-state index contributed by atoms with van der Waals surface area (Å²) in [4.78, 5) is 24.6. The van der Waals surface area contributed by atoms with Crippen LogP contribution in [0.2, 0.25) is 10.0 Å². The van der Waals surface area contributed by atoms with Crippen molar-refractivity contribution in [2.24, 2.45) is 21.1 Å². The highest BCUT2D eigenvalue weighted by Gasteiger charge is 2.19. The van der Waals surface area contributed by atoms with Crippen LogP contribution < -0.4 is 11.2 Å². The maximum atomic E-state index is 12.6. The van der Waals surface area contributed by atoms with Gasteiger partial charge in [-0.2, -0.15) is 0 Å². The smallest absolute Gasteiger partial charge is 0.330 e. The summed E-state index contributed by atoms with van der Waals surface area (Å²) < 4.78 is 4.33. The summed E-state index contributed by atoms with van der Waals surface area (Å²) in [6, 6.07) is 5.11. The number of fused-ring (bicyclic) bond motifs is 1. The van der Waals surface area contributed by atoms with Crippen LogP contribution >= 0.6 is 23.2 Å². The van der Waals surface area contributed by atoms with E-state index in [1.807, 2.05) is 7.05 Å². The topological polar surface area (TPSA) is 48.9 Å². The number of benzene rings is 1. The summed E-state index contributed by atoms with van der Waals surface area (Å²) >= 11 is 12.2. The average molecular weight is 338 g/mol. The van der Waals surface area contributed by atoms with Gasteiger partial charge in [0.15, 0.2) is 0 Å². The maximum absolute atomic E-state index is 12.6. The summed E-state index contributed by atoms with van der Waals surface area (Å²) in [6.45, 7) is 0. The van der Waals surface area contributed by atoms with Gasteiger partial charge in [0.05, 0.1) is 21.6 Å². The SMILES string of the molecule is Cn1cc2c(c1-c1ccc(Cl)cc1Cl)c(=O)n(C)c(=O)n2C. The summed E-state index contributed by atoms with van der Waals surface area (Å²) in [7, 11) is 4.91. The second kappa shape index (κ2) is 5.04. The fourth-order valence-electron chi connectivity index (χ4n) is 2.66. The van der Waals surface area contributed by atoms with E-state index < -0.39 is 0 Å². The van der Waals surface area contributed by atoms with Gasteiger partial charge in [-0.05, 0) is 18.2 Å². The molecule has 7 heteroatoms. The Hall–Kier alpha value is -1.98. The summed E-state index contributed by atoms with van der Waals surface area (Å²) in [5.74, 6) is 0. The highest BCUT2D eigenvalue weighted by Crippen LogP contribution is 2.34. The molecular weight excluding hydrogens is 325 g/mol. The third-order valence-electron chi connectivity index (χ3n) is 3.80. The molecule has 0 amide bonds. The molecule has 0 spiro atoms. The van der Waals surface area contributed by atoms with Crippen molar-refractivity contribution >= 4 is 34.1 Å². The monoisotopic (exact) mass is 337 g/mol. The highest BCUT2D eigenvalue weighted by atomic mass is 35.5. The number of hydrogen-bond donors (Lipinski definition) is 0. The molecular formula is C15H13Cl2N3O2. The molecule has 0 radical (unpaired) electrons. The minimum atomic E-state index is -0.364. The lowest BCUT2D eigenvalue weighted by Gasteiger charge is -2.08. The Morgan fingerprint density at radius 1 is 1.00 bits per heavy atom. The van der Waals surface area contributed by atoms with Crippen molar-refractivity contribution in [1.82, 2.24) is 13.7 Å². The maximum Gasteiger partial charge on any atom is 0.330 e. The molecule has 3 aromatic rings. The Kier molecular flexibility index (Phi) is 3.42. The molecule has 0 N–H and O–H groups in total. The molecule has 2 heterocycles. The van der Waals surface area contributed by atoms with Crippen LogP contribution in [-0.2, 0) is 21.1 Å². The first kappa shape index (κ1) is 14.9. The molecule has 114 valence electrons. The van der Waals surface area contributed by atoms with Gasteiger partial charge in [-0.1, -0.05) is 23.2 Å². The lowest BCUT2D eigenvalue weighted by atomic mass is 10.1. The predicted molar refractivity (Wildman–Crippen MR) is 88.9 cm³/mol. The van der Waals surface area contributed by atoms with Crippen LogP contribution in [-0.4, -0.2) is 13.7 Å². The van der Waals surface area contributed by atoms with Crippen LogP contribution in [0.1, 0.15) is 0 Å². The number of hydrogen-bond acceptors (Lipinski definition) is 2. The van der Waals surface area contributed by atoms with E-state index >= 15 is 0 Å². The van der Waals surface area contributed by atoms with Crippen molar-refractivity contribution in [1.29, 1.82) is 0 Å². The van der Waals surface area contributed by atoms with Crippen LogP contribution in [0.25, 0.3) is 22.2 Å². The molecule has 1 aromatic carbocycles. The van der Waals surface area contributed by atoms with Crippen LogP contribution in [0, 0.1) is 0 Å². The van der Waals surface area contributed by atoms with E-state index in [1.165, 1.54) is 11.6 Å². The number of rotatable bonds is 1. The van der Waals surface area contributed by atoms with Gasteiger partial charge < -0.3 is 4.57 Å². The van der Waals surface area contributed by atoms with Gasteiger partial charge in [-0.3, -0.25) is 13.9 Å². The zero-order valence-electron chi connectivity index (χ0n) is 12.2. The minimum absolute atomic E-state index is 0.347. The lowest BCUT2D eigenvalue weighted by Crippen LogP contribution is -2.36. The predicted octanol–water partition coefficient (Wildman–Crippen LogP) is 2.55. The van der Waals surface area contributed by atoms with Crippen LogP contribution in [0.4, 0.5) is 0 Å². The third-order valence-corrected chi connectivity index (χ3v) is 4.35. The van der Waals surface area contributed by atoms with Gasteiger partial charge in [0.1, 0.15) is 0 Å². The van der Waals surface area contributed by atoms with Crippen molar-refractivity contribution in [3.8, 4) is 11.3 Å². The summed E-state index contributed by atoms with van der Waals surface area (Å²) in [5, 5.41) is 1.43. The Balaban J connectivity index is 2.53. The second-order valence-corrected chi connectivity index (χ2v) is 6.02. The Labute approximate surface area is 135 Å². The lowest BCUT2D eigenvalue weighted by molar-refractivity contribution is 0.714. The van der Waals surface area contributed by atoms with E-state index in [9.17, 15) is 9.59 Å². The summed E-state index contributed by atoms with van der Waals surface area (Å²) in [5.41, 5.74) is 1.21. The van der Waals surface area contributed by atoms with Gasteiger partial charge in [-0.25, -0.2) is 4.79 Å². The fraction of sp³-hybridized carbons (Fsp3) is 0.200. The van der Waals surface area contributed by atoms with Gasteiger partial charge in [0, 0.05) is 37.9 Å². The van der Waals surface area contributed by atoms with Crippen molar-refractivity contribution in [3.63, 3.8) is 0 Å². The van der Waals surface area contributed by atoms with E-state index in [4.69, 9.17) is 23.2 Å². The van der Waals surface area contributed by atoms with E-state index in [-0.39, 0.29) is 11.2 Å². The molecule has 3 rings (SSSR count). The number of aromatic nitrogens is 3. The number of halogens is 2. The van der Waals surface area contributed by atoms with Crippen molar-refractivity contribution in [2.45, 2.75) is 0 Å². The van der Waals surface area contributed by atoms with E-state index in [2.05, 4.69) is 0 Å². The van der Waals surface area contributed by atoms with E-state index in [1.54, 1.807) is 36.0 Å². The van der Waals surface area contributed by atoms with Gasteiger partial charge in [0.25, 0.3) is 5.56 Å². The second-order valence-electron chi connectivity index (χ2n) is 5.18.